The lowest BCUT2D eigenvalue weighted by molar-refractivity contribution is 0.101. The molecule has 2 rings (SSSR count). The second-order valence-electron chi connectivity index (χ2n) is 4.91. The van der Waals surface area contributed by atoms with Gasteiger partial charge in [0.25, 0.3) is 5.91 Å². The van der Waals surface area contributed by atoms with E-state index in [0.717, 1.165) is 0 Å². The number of benzene rings is 1. The lowest BCUT2D eigenvalue weighted by Gasteiger charge is -2.10. The molecule has 0 aliphatic heterocycles. The van der Waals surface area contributed by atoms with Gasteiger partial charge in [-0.25, -0.2) is 8.42 Å². The second kappa shape index (κ2) is 6.32. The average molecular weight is 402 g/mol. The highest BCUT2D eigenvalue weighted by molar-refractivity contribution is 9.10. The Morgan fingerprint density at radius 2 is 2.09 bits per heavy atom. The Bertz CT molecular complexity index is 874. The minimum atomic E-state index is -3.44. The van der Waals surface area contributed by atoms with Crippen molar-refractivity contribution in [2.24, 2.45) is 7.05 Å². The summed E-state index contributed by atoms with van der Waals surface area (Å²) in [7, 11) is -1.82. The number of halogens is 1. The summed E-state index contributed by atoms with van der Waals surface area (Å²) >= 11 is 3.29. The summed E-state index contributed by atoms with van der Waals surface area (Å²) in [6.07, 6.45) is 0. The molecule has 0 unspecified atom stereocenters. The molecule has 1 aromatic heterocycles. The van der Waals surface area contributed by atoms with Gasteiger partial charge in [0, 0.05) is 7.05 Å². The van der Waals surface area contributed by atoms with Crippen molar-refractivity contribution >= 4 is 37.4 Å². The molecule has 0 aliphatic rings. The first kappa shape index (κ1) is 17.5. The maximum Gasteiger partial charge on any atom is 0.275 e. The van der Waals surface area contributed by atoms with Gasteiger partial charge in [-0.15, -0.1) is 0 Å². The van der Waals surface area contributed by atoms with E-state index in [4.69, 9.17) is 0 Å². The molecule has 0 aliphatic carbocycles. The molecular formula is C14H16BrN3O4S. The number of hydrogen-bond acceptors (Lipinski definition) is 5. The topological polar surface area (TPSA) is 101 Å². The van der Waals surface area contributed by atoms with Crippen LogP contribution >= 0.6 is 15.9 Å². The number of phenolic OH excluding ortho intramolecular Hbond substituents is 1. The van der Waals surface area contributed by atoms with Crippen LogP contribution < -0.4 is 5.32 Å². The van der Waals surface area contributed by atoms with Gasteiger partial charge in [-0.05, 0) is 41.1 Å². The van der Waals surface area contributed by atoms with Gasteiger partial charge in [-0.2, -0.15) is 5.10 Å². The van der Waals surface area contributed by atoms with Gasteiger partial charge in [0.1, 0.15) is 11.4 Å². The van der Waals surface area contributed by atoms with Crippen molar-refractivity contribution in [3.05, 3.63) is 34.1 Å². The molecule has 0 spiro atoms. The predicted molar refractivity (Wildman–Crippen MR) is 89.4 cm³/mol. The van der Waals surface area contributed by atoms with Gasteiger partial charge in [0.2, 0.25) is 0 Å². The summed E-state index contributed by atoms with van der Waals surface area (Å²) in [6.45, 7) is 3.27. The van der Waals surface area contributed by atoms with E-state index in [1.165, 1.54) is 29.8 Å². The molecule has 0 atom stereocenters. The summed E-state index contributed by atoms with van der Waals surface area (Å²) in [6, 6.07) is 3.78. The number of aromatic hydroxyl groups is 1. The number of nitrogens with one attached hydrogen (secondary N) is 1. The zero-order valence-corrected chi connectivity index (χ0v) is 15.2. The van der Waals surface area contributed by atoms with Crippen molar-refractivity contribution in [2.75, 3.05) is 11.1 Å². The van der Waals surface area contributed by atoms with Crippen LogP contribution in [0.1, 0.15) is 23.1 Å². The number of rotatable bonds is 4. The molecule has 1 amide bonds. The van der Waals surface area contributed by atoms with E-state index < -0.39 is 15.7 Å². The summed E-state index contributed by atoms with van der Waals surface area (Å²) in [5.74, 6) is -0.804. The Labute approximate surface area is 142 Å². The van der Waals surface area contributed by atoms with E-state index >= 15 is 0 Å². The molecule has 124 valence electrons. The fraction of sp³-hybridized carbons (Fsp3) is 0.286. The number of phenols is 1. The molecule has 7 nitrogen and oxygen atoms in total. The van der Waals surface area contributed by atoms with Gasteiger partial charge in [0.05, 0.1) is 26.5 Å². The fourth-order valence-corrected chi connectivity index (χ4v) is 3.46. The number of carbonyl (C=O) groups excluding carboxylic acids is 1. The number of nitrogens with zero attached hydrogens (tertiary/aromatic N) is 2. The van der Waals surface area contributed by atoms with Crippen LogP contribution in [-0.4, -0.2) is 35.0 Å². The number of amides is 1. The van der Waals surface area contributed by atoms with Gasteiger partial charge in [-0.1, -0.05) is 6.92 Å². The standard InChI is InChI=1S/C14H16BrN3O4S/c1-4-23(21,22)9-5-6-11(19)10(7-9)16-14(20)13-12(15)8(2)17-18(13)3/h5-7,19H,4H2,1-3H3,(H,16,20). The maximum atomic E-state index is 12.4. The summed E-state index contributed by atoms with van der Waals surface area (Å²) in [4.78, 5) is 12.4. The SMILES string of the molecule is CCS(=O)(=O)c1ccc(O)c(NC(=O)c2c(Br)c(C)nn2C)c1. The maximum absolute atomic E-state index is 12.4. The number of anilines is 1. The fourth-order valence-electron chi connectivity index (χ4n) is 2.04. The van der Waals surface area contributed by atoms with Crippen LogP contribution in [-0.2, 0) is 16.9 Å². The Morgan fingerprint density at radius 1 is 1.43 bits per heavy atom. The van der Waals surface area contributed by atoms with Crippen molar-refractivity contribution < 1.29 is 18.3 Å². The Morgan fingerprint density at radius 3 is 2.61 bits per heavy atom. The van der Waals surface area contributed by atoms with Crippen molar-refractivity contribution in [1.29, 1.82) is 0 Å². The van der Waals surface area contributed by atoms with Crippen LogP contribution in [0.4, 0.5) is 5.69 Å². The first-order valence-corrected chi connectivity index (χ1v) is 9.18. The van der Waals surface area contributed by atoms with Crippen molar-refractivity contribution in [3.8, 4) is 5.75 Å². The van der Waals surface area contributed by atoms with Crippen LogP contribution in [0.25, 0.3) is 0 Å². The molecule has 2 aromatic rings. The van der Waals surface area contributed by atoms with E-state index in [0.29, 0.717) is 10.2 Å². The Balaban J connectivity index is 2.40. The molecule has 0 saturated carbocycles. The lowest BCUT2D eigenvalue weighted by Crippen LogP contribution is -2.17. The zero-order chi connectivity index (χ0) is 17.4. The first-order valence-electron chi connectivity index (χ1n) is 6.73. The summed E-state index contributed by atoms with van der Waals surface area (Å²) in [5.41, 5.74) is 0.935. The minimum Gasteiger partial charge on any atom is -0.506 e. The van der Waals surface area contributed by atoms with E-state index in [9.17, 15) is 18.3 Å². The highest BCUT2D eigenvalue weighted by atomic mass is 79.9. The molecule has 0 saturated heterocycles. The predicted octanol–water partition coefficient (Wildman–Crippen LogP) is 2.24. The van der Waals surface area contributed by atoms with E-state index in [2.05, 4.69) is 26.3 Å². The van der Waals surface area contributed by atoms with Crippen LogP contribution in [0.15, 0.2) is 27.6 Å². The monoisotopic (exact) mass is 401 g/mol. The quantitative estimate of drug-likeness (QED) is 0.764. The number of aryl methyl sites for hydroxylation is 2. The highest BCUT2D eigenvalue weighted by Gasteiger charge is 2.20. The van der Waals surface area contributed by atoms with Crippen LogP contribution in [0, 0.1) is 6.92 Å². The molecule has 0 bridgehead atoms. The number of sulfone groups is 1. The van der Waals surface area contributed by atoms with E-state index in [-0.39, 0.29) is 27.8 Å². The largest absolute Gasteiger partial charge is 0.506 e. The third-order valence-electron chi connectivity index (χ3n) is 3.32. The molecule has 1 aromatic carbocycles. The van der Waals surface area contributed by atoms with Crippen molar-refractivity contribution in [3.63, 3.8) is 0 Å². The zero-order valence-electron chi connectivity index (χ0n) is 12.8. The van der Waals surface area contributed by atoms with Gasteiger partial charge >= 0.3 is 0 Å². The van der Waals surface area contributed by atoms with Crippen LogP contribution in [0.5, 0.6) is 5.75 Å². The average Bonchev–Trinajstić information content (AvgIpc) is 2.74. The number of aromatic nitrogens is 2. The van der Waals surface area contributed by atoms with Crippen molar-refractivity contribution in [1.82, 2.24) is 9.78 Å². The normalized spacial score (nSPS) is 11.5. The summed E-state index contributed by atoms with van der Waals surface area (Å²) < 4.78 is 25.8. The molecule has 23 heavy (non-hydrogen) atoms. The second-order valence-corrected chi connectivity index (χ2v) is 7.98. The molecule has 0 fully saturated rings. The Kier molecular flexibility index (Phi) is 4.81. The van der Waals surface area contributed by atoms with Crippen LogP contribution in [0.2, 0.25) is 0 Å². The van der Waals surface area contributed by atoms with E-state index in [1.54, 1.807) is 14.0 Å². The van der Waals surface area contributed by atoms with E-state index in [1.807, 2.05) is 0 Å². The molecule has 2 N–H and O–H groups in total. The molecule has 9 heteroatoms. The minimum absolute atomic E-state index is 0.0234. The number of carbonyl (C=O) groups is 1. The molecular weight excluding hydrogens is 386 g/mol. The third kappa shape index (κ3) is 3.40. The molecule has 1 heterocycles. The van der Waals surface area contributed by atoms with Gasteiger partial charge in [0.15, 0.2) is 9.84 Å². The van der Waals surface area contributed by atoms with Crippen molar-refractivity contribution in [2.45, 2.75) is 18.7 Å². The number of hydrogen-bond donors (Lipinski definition) is 2. The smallest absolute Gasteiger partial charge is 0.275 e. The third-order valence-corrected chi connectivity index (χ3v) is 6.00. The van der Waals surface area contributed by atoms with Gasteiger partial charge < -0.3 is 10.4 Å². The van der Waals surface area contributed by atoms with Gasteiger partial charge in [-0.3, -0.25) is 9.48 Å². The molecule has 0 radical (unpaired) electrons. The first-order chi connectivity index (χ1) is 10.7. The Hall–Kier alpha value is -1.87. The summed E-state index contributed by atoms with van der Waals surface area (Å²) in [5, 5.41) is 16.5. The van der Waals surface area contributed by atoms with Crippen LogP contribution in [0.3, 0.4) is 0 Å². The lowest BCUT2D eigenvalue weighted by atomic mass is 10.2. The highest BCUT2D eigenvalue weighted by Crippen LogP contribution is 2.28.